The number of amides is 1. The zero-order valence-electron chi connectivity index (χ0n) is 19.5. The molecule has 0 atom stereocenters. The van der Waals surface area contributed by atoms with Crippen molar-refractivity contribution in [3.8, 4) is 0 Å². The smallest absolute Gasteiger partial charge is 0.278 e. The molecule has 6 nitrogen and oxygen atoms in total. The first-order valence-corrected chi connectivity index (χ1v) is 12.1. The number of rotatable bonds is 9. The number of carbonyl (C=O) groups is 1. The van der Waals surface area contributed by atoms with E-state index in [0.29, 0.717) is 37.0 Å². The quantitative estimate of drug-likeness (QED) is 0.531. The number of anilines is 1. The predicted octanol–water partition coefficient (Wildman–Crippen LogP) is 5.16. The van der Waals surface area contributed by atoms with E-state index in [0.717, 1.165) is 36.0 Å². The monoisotopic (exact) mass is 449 g/mol. The van der Waals surface area contributed by atoms with Crippen LogP contribution in [0.2, 0.25) is 0 Å². The third-order valence-corrected chi connectivity index (χ3v) is 6.79. The van der Waals surface area contributed by atoms with Gasteiger partial charge in [0.25, 0.3) is 5.91 Å². The van der Waals surface area contributed by atoms with Crippen molar-refractivity contribution in [2.75, 3.05) is 11.4 Å². The Hall–Kier alpha value is -2.96. The largest absolute Gasteiger partial charge is 0.354 e. The van der Waals surface area contributed by atoms with Gasteiger partial charge in [-0.2, -0.15) is 0 Å². The summed E-state index contributed by atoms with van der Waals surface area (Å²) in [6, 6.07) is 4.70. The minimum Gasteiger partial charge on any atom is -0.354 e. The zero-order chi connectivity index (χ0) is 22.9. The molecule has 3 aliphatic rings. The summed E-state index contributed by atoms with van der Waals surface area (Å²) in [7, 11) is 0. The molecule has 33 heavy (non-hydrogen) atoms. The molecule has 174 valence electrons. The van der Waals surface area contributed by atoms with Gasteiger partial charge in [-0.05, 0) is 75.7 Å². The Morgan fingerprint density at radius 2 is 2.00 bits per heavy atom. The van der Waals surface area contributed by atoms with Gasteiger partial charge in [0.05, 0.1) is 6.54 Å². The standard InChI is InChI=1S/C26H32FN5O/c1-3-31(22-11-12-22)25-13-6-20(14-28-25)16-32(23-9-7-21(27)8-10-23)26(33)24-17-30(18(2)29-24)15-19-4-5-19/h6-7,9,13-14,17,19,22H,3-5,8,10-12,15-16H2,1-2H3. The maximum atomic E-state index is 13.7. The summed E-state index contributed by atoms with van der Waals surface area (Å²) >= 11 is 0. The molecule has 0 bridgehead atoms. The highest BCUT2D eigenvalue weighted by molar-refractivity contribution is 5.93. The van der Waals surface area contributed by atoms with Crippen LogP contribution in [-0.2, 0) is 13.1 Å². The highest BCUT2D eigenvalue weighted by Gasteiger charge is 2.29. The lowest BCUT2D eigenvalue weighted by atomic mass is 10.1. The van der Waals surface area contributed by atoms with E-state index in [-0.39, 0.29) is 11.7 Å². The first-order chi connectivity index (χ1) is 16.0. The number of nitrogens with zero attached hydrogens (tertiary/aromatic N) is 5. The molecular weight excluding hydrogens is 417 g/mol. The molecule has 5 rings (SSSR count). The lowest BCUT2D eigenvalue weighted by Crippen LogP contribution is -2.31. The van der Waals surface area contributed by atoms with Gasteiger partial charge in [0.15, 0.2) is 0 Å². The van der Waals surface area contributed by atoms with Crippen LogP contribution in [0, 0.1) is 12.8 Å². The highest BCUT2D eigenvalue weighted by Crippen LogP contribution is 2.32. The van der Waals surface area contributed by atoms with Gasteiger partial charge < -0.3 is 14.4 Å². The number of imidazole rings is 1. The van der Waals surface area contributed by atoms with E-state index in [1.165, 1.54) is 31.8 Å². The Labute approximate surface area is 194 Å². The van der Waals surface area contributed by atoms with E-state index in [4.69, 9.17) is 0 Å². The number of allylic oxidation sites excluding steroid dienone is 4. The molecule has 2 aromatic rings. The minimum atomic E-state index is -0.151. The Bertz CT molecular complexity index is 1080. The van der Waals surface area contributed by atoms with Crippen LogP contribution in [0.3, 0.4) is 0 Å². The Kier molecular flexibility index (Phi) is 6.04. The fourth-order valence-electron chi connectivity index (χ4n) is 4.50. The van der Waals surface area contributed by atoms with E-state index < -0.39 is 0 Å². The van der Waals surface area contributed by atoms with Crippen LogP contribution in [0.15, 0.2) is 48.2 Å². The van der Waals surface area contributed by atoms with Gasteiger partial charge >= 0.3 is 0 Å². The van der Waals surface area contributed by atoms with E-state index in [9.17, 15) is 9.18 Å². The van der Waals surface area contributed by atoms with Crippen LogP contribution in [0.5, 0.6) is 0 Å². The minimum absolute atomic E-state index is 0.146. The molecule has 0 N–H and O–H groups in total. The summed E-state index contributed by atoms with van der Waals surface area (Å²) in [6.07, 6.45) is 12.7. The van der Waals surface area contributed by atoms with Crippen molar-refractivity contribution >= 4 is 11.7 Å². The predicted molar refractivity (Wildman–Crippen MR) is 126 cm³/mol. The molecule has 2 saturated carbocycles. The number of hydrogen-bond donors (Lipinski definition) is 0. The van der Waals surface area contributed by atoms with E-state index in [1.54, 1.807) is 11.0 Å². The molecule has 2 aromatic heterocycles. The van der Waals surface area contributed by atoms with Gasteiger partial charge in [0.1, 0.15) is 23.2 Å². The van der Waals surface area contributed by atoms with Crippen LogP contribution in [0.1, 0.15) is 67.3 Å². The van der Waals surface area contributed by atoms with Gasteiger partial charge in [-0.1, -0.05) is 6.07 Å². The van der Waals surface area contributed by atoms with Crippen molar-refractivity contribution in [3.05, 3.63) is 65.3 Å². The third kappa shape index (κ3) is 5.02. The van der Waals surface area contributed by atoms with E-state index in [1.807, 2.05) is 31.5 Å². The molecule has 1 amide bonds. The fraction of sp³-hybridized carbons (Fsp3) is 0.500. The molecule has 0 saturated heterocycles. The molecule has 0 aromatic carbocycles. The second-order valence-electron chi connectivity index (χ2n) is 9.47. The Morgan fingerprint density at radius 1 is 1.18 bits per heavy atom. The van der Waals surface area contributed by atoms with Gasteiger partial charge in [-0.25, -0.2) is 14.4 Å². The van der Waals surface area contributed by atoms with Crippen LogP contribution < -0.4 is 4.90 Å². The van der Waals surface area contributed by atoms with Crippen molar-refractivity contribution in [1.82, 2.24) is 19.4 Å². The first-order valence-electron chi connectivity index (χ1n) is 12.1. The SMILES string of the molecule is CCN(c1ccc(CN(C(=O)c2cn(CC3CC3)c(C)n2)C2=CC=C(F)CC2)cn1)C1CC1. The molecular formula is C26H32FN5O. The van der Waals surface area contributed by atoms with E-state index in [2.05, 4.69) is 26.4 Å². The highest BCUT2D eigenvalue weighted by atomic mass is 19.1. The molecule has 0 unspecified atom stereocenters. The molecule has 0 aliphatic heterocycles. The maximum Gasteiger partial charge on any atom is 0.278 e. The van der Waals surface area contributed by atoms with Gasteiger partial charge in [-0.3, -0.25) is 4.79 Å². The Morgan fingerprint density at radius 3 is 2.61 bits per heavy atom. The number of carbonyl (C=O) groups excluding carboxylic acids is 1. The van der Waals surface area contributed by atoms with Gasteiger partial charge in [0.2, 0.25) is 0 Å². The van der Waals surface area contributed by atoms with Crippen molar-refractivity contribution in [2.45, 2.75) is 71.5 Å². The van der Waals surface area contributed by atoms with Gasteiger partial charge in [-0.15, -0.1) is 0 Å². The summed E-state index contributed by atoms with van der Waals surface area (Å²) in [5.74, 6) is 2.25. The fourth-order valence-corrected chi connectivity index (χ4v) is 4.50. The second kappa shape index (κ2) is 9.12. The summed E-state index contributed by atoms with van der Waals surface area (Å²) < 4.78 is 15.8. The van der Waals surface area contributed by atoms with Gasteiger partial charge in [0, 0.05) is 43.6 Å². The van der Waals surface area contributed by atoms with Crippen LogP contribution >= 0.6 is 0 Å². The van der Waals surface area contributed by atoms with Crippen molar-refractivity contribution in [2.24, 2.45) is 5.92 Å². The van der Waals surface area contributed by atoms with Crippen molar-refractivity contribution < 1.29 is 9.18 Å². The van der Waals surface area contributed by atoms with Crippen LogP contribution in [-0.4, -0.2) is 37.9 Å². The summed E-state index contributed by atoms with van der Waals surface area (Å²) in [5, 5.41) is 0. The number of pyridine rings is 1. The van der Waals surface area contributed by atoms with E-state index >= 15 is 0 Å². The number of aromatic nitrogens is 3. The lowest BCUT2D eigenvalue weighted by Gasteiger charge is -2.27. The van der Waals surface area contributed by atoms with Crippen LogP contribution in [0.4, 0.5) is 10.2 Å². The maximum absolute atomic E-state index is 13.7. The zero-order valence-corrected chi connectivity index (χ0v) is 19.5. The van der Waals surface area contributed by atoms with Crippen molar-refractivity contribution in [1.29, 1.82) is 0 Å². The van der Waals surface area contributed by atoms with Crippen LogP contribution in [0.25, 0.3) is 0 Å². The topological polar surface area (TPSA) is 54.3 Å². The number of aryl methyl sites for hydroxylation is 1. The number of halogens is 1. The van der Waals surface area contributed by atoms with Crippen molar-refractivity contribution in [3.63, 3.8) is 0 Å². The first kappa shape index (κ1) is 21.9. The molecule has 7 heteroatoms. The third-order valence-electron chi connectivity index (χ3n) is 6.79. The Balaban J connectivity index is 1.38. The molecule has 2 heterocycles. The number of hydrogen-bond acceptors (Lipinski definition) is 4. The summed E-state index contributed by atoms with van der Waals surface area (Å²) in [4.78, 5) is 26.9. The average molecular weight is 450 g/mol. The molecule has 0 radical (unpaired) electrons. The molecule has 2 fully saturated rings. The normalized spacial score (nSPS) is 18.0. The average Bonchev–Trinajstić information content (AvgIpc) is 3.75. The molecule has 3 aliphatic carbocycles. The molecule has 0 spiro atoms. The summed E-state index contributed by atoms with van der Waals surface area (Å²) in [6.45, 7) is 6.35. The summed E-state index contributed by atoms with van der Waals surface area (Å²) in [5.41, 5.74) is 2.21. The lowest BCUT2D eigenvalue weighted by molar-refractivity contribution is 0.0784. The second-order valence-corrected chi connectivity index (χ2v) is 9.47.